The van der Waals surface area contributed by atoms with Crippen molar-refractivity contribution in [2.45, 2.75) is 19.3 Å². The first-order valence-corrected chi connectivity index (χ1v) is 21.8. The lowest BCUT2D eigenvalue weighted by molar-refractivity contribution is 0.661. The lowest BCUT2D eigenvalue weighted by atomic mass is 9.82. The van der Waals surface area contributed by atoms with Crippen LogP contribution >= 0.6 is 11.3 Å². The van der Waals surface area contributed by atoms with Gasteiger partial charge in [-0.1, -0.05) is 184 Å². The average Bonchev–Trinajstić information content (AvgIpc) is 3.78. The molecule has 0 unspecified atom stereocenters. The van der Waals surface area contributed by atoms with E-state index in [4.69, 9.17) is 0 Å². The zero-order valence-corrected chi connectivity index (χ0v) is 34.2. The number of benzene rings is 11. The molecule has 0 aliphatic heterocycles. The van der Waals surface area contributed by atoms with Crippen LogP contribution in [0.25, 0.3) is 119 Å². The molecule has 0 atom stereocenters. The topological polar surface area (TPSA) is 0 Å². The van der Waals surface area contributed by atoms with Gasteiger partial charge in [-0.2, -0.15) is 0 Å². The second-order valence-corrected chi connectivity index (χ2v) is 18.2. The number of hydrogen-bond donors (Lipinski definition) is 0. The van der Waals surface area contributed by atoms with Crippen LogP contribution in [0.2, 0.25) is 0 Å². The van der Waals surface area contributed by atoms with Gasteiger partial charge in [0.1, 0.15) is 0 Å². The molecule has 1 heteroatoms. The van der Waals surface area contributed by atoms with E-state index < -0.39 is 0 Å². The monoisotopic (exact) mass is 778 g/mol. The third kappa shape index (κ3) is 4.73. The summed E-state index contributed by atoms with van der Waals surface area (Å²) in [7, 11) is 0. The maximum absolute atomic E-state index is 2.48. The zero-order chi connectivity index (χ0) is 39.7. The molecule has 280 valence electrons. The highest BCUT2D eigenvalue weighted by molar-refractivity contribution is 7.26. The predicted molar refractivity (Wildman–Crippen MR) is 261 cm³/mol. The minimum absolute atomic E-state index is 0.00683. The first kappa shape index (κ1) is 33.9. The van der Waals surface area contributed by atoms with E-state index in [0.29, 0.717) is 0 Å². The molecule has 13 rings (SSSR count). The summed E-state index contributed by atoms with van der Waals surface area (Å²) in [4.78, 5) is 0. The van der Waals surface area contributed by atoms with Crippen LogP contribution in [0.15, 0.2) is 194 Å². The third-order valence-electron chi connectivity index (χ3n) is 13.6. The quantitative estimate of drug-likeness (QED) is 0.157. The minimum atomic E-state index is -0.00683. The van der Waals surface area contributed by atoms with Crippen molar-refractivity contribution in [3.05, 3.63) is 205 Å². The minimum Gasteiger partial charge on any atom is -0.135 e. The molecule has 0 saturated carbocycles. The summed E-state index contributed by atoms with van der Waals surface area (Å²) < 4.78 is 2.74. The molecule has 0 bridgehead atoms. The van der Waals surface area contributed by atoms with Crippen molar-refractivity contribution in [1.82, 2.24) is 0 Å². The predicted octanol–water partition coefficient (Wildman–Crippen LogP) is 17.1. The molecule has 12 aromatic rings. The largest absolute Gasteiger partial charge is 0.135 e. The van der Waals surface area contributed by atoms with E-state index in [2.05, 4.69) is 208 Å². The second-order valence-electron chi connectivity index (χ2n) is 17.2. The van der Waals surface area contributed by atoms with Crippen molar-refractivity contribution >= 4 is 85.4 Å². The fourth-order valence-corrected chi connectivity index (χ4v) is 12.0. The van der Waals surface area contributed by atoms with Crippen molar-refractivity contribution < 1.29 is 0 Å². The van der Waals surface area contributed by atoms with E-state index in [9.17, 15) is 0 Å². The zero-order valence-electron chi connectivity index (χ0n) is 33.4. The number of hydrogen-bond acceptors (Lipinski definition) is 1. The molecule has 1 aromatic heterocycles. The van der Waals surface area contributed by atoms with Crippen LogP contribution in [0, 0.1) is 0 Å². The maximum Gasteiger partial charge on any atom is 0.0433 e. The van der Waals surface area contributed by atoms with Gasteiger partial charge in [-0.3, -0.25) is 0 Å². The lowest BCUT2D eigenvalue weighted by Gasteiger charge is -2.21. The molecular weight excluding hydrogens is 741 g/mol. The summed E-state index contributed by atoms with van der Waals surface area (Å²) in [6.07, 6.45) is 0. The molecule has 0 radical (unpaired) electrons. The molecule has 11 aromatic carbocycles. The summed E-state index contributed by atoms with van der Waals surface area (Å²) in [5.74, 6) is 0. The standard InChI is InChI=1S/C59H38S/c1-59(2)53-22-12-11-17-44(53)51-33-52-50-28-26-38-32-37(25-27-41(38)58(50)60-55(52)34-54(51)59)40-29-30-49(43-16-6-5-15-42(40)43)57-47-20-9-7-18-45(47)56(46-19-8-10-21-48(46)57)39-24-23-35-13-3-4-14-36(35)31-39/h3-34H,1-2H3. The normalized spacial score (nSPS) is 13.3. The first-order valence-electron chi connectivity index (χ1n) is 21.0. The smallest absolute Gasteiger partial charge is 0.0433 e. The van der Waals surface area contributed by atoms with Crippen molar-refractivity contribution in [2.24, 2.45) is 0 Å². The van der Waals surface area contributed by atoms with Crippen LogP contribution in [0.5, 0.6) is 0 Å². The summed E-state index contributed by atoms with van der Waals surface area (Å²) in [6.45, 7) is 4.74. The van der Waals surface area contributed by atoms with Crippen molar-refractivity contribution in [3.8, 4) is 44.5 Å². The summed E-state index contributed by atoms with van der Waals surface area (Å²) in [6, 6.07) is 73.0. The molecule has 0 N–H and O–H groups in total. The molecule has 0 saturated heterocycles. The Kier molecular flexibility index (Phi) is 7.04. The Labute approximate surface area is 352 Å². The van der Waals surface area contributed by atoms with Crippen molar-refractivity contribution in [1.29, 1.82) is 0 Å². The van der Waals surface area contributed by atoms with Crippen LogP contribution in [-0.4, -0.2) is 0 Å². The Morgan fingerprint density at radius 1 is 0.317 bits per heavy atom. The molecule has 1 heterocycles. The van der Waals surface area contributed by atoms with Gasteiger partial charge in [-0.15, -0.1) is 11.3 Å². The third-order valence-corrected chi connectivity index (χ3v) is 14.8. The Morgan fingerprint density at radius 2 is 0.883 bits per heavy atom. The van der Waals surface area contributed by atoms with Gasteiger partial charge in [0.25, 0.3) is 0 Å². The summed E-state index contributed by atoms with van der Waals surface area (Å²) >= 11 is 1.94. The molecular formula is C59H38S. The van der Waals surface area contributed by atoms with Gasteiger partial charge < -0.3 is 0 Å². The molecule has 0 spiro atoms. The van der Waals surface area contributed by atoms with Crippen LogP contribution in [0.1, 0.15) is 25.0 Å². The highest BCUT2D eigenvalue weighted by Gasteiger charge is 2.35. The Bertz CT molecular complexity index is 3750. The second kappa shape index (κ2) is 12.5. The fraction of sp³-hybridized carbons (Fsp3) is 0.0508. The van der Waals surface area contributed by atoms with Crippen molar-refractivity contribution in [3.63, 3.8) is 0 Å². The SMILES string of the molecule is CC1(C)c2ccccc2-c2cc3c(cc21)sc1c2ccc(-c4ccc(-c5c6ccccc6c(-c6ccc7ccccc7c6)c6ccccc56)c5ccccc45)cc2ccc31. The van der Waals surface area contributed by atoms with Gasteiger partial charge in [0.2, 0.25) is 0 Å². The Hall–Kier alpha value is -7.06. The molecule has 60 heavy (non-hydrogen) atoms. The number of fused-ring (bicyclic) bond motifs is 12. The van der Waals surface area contributed by atoms with Crippen LogP contribution < -0.4 is 0 Å². The Balaban J connectivity index is 0.975. The Morgan fingerprint density at radius 3 is 1.65 bits per heavy atom. The van der Waals surface area contributed by atoms with Gasteiger partial charge in [-0.05, 0) is 134 Å². The summed E-state index contributed by atoms with van der Waals surface area (Å²) in [5, 5.41) is 15.4. The van der Waals surface area contributed by atoms with E-state index >= 15 is 0 Å². The van der Waals surface area contributed by atoms with Gasteiger partial charge in [0.05, 0.1) is 0 Å². The van der Waals surface area contributed by atoms with E-state index in [1.807, 2.05) is 11.3 Å². The van der Waals surface area contributed by atoms with Crippen LogP contribution in [0.4, 0.5) is 0 Å². The van der Waals surface area contributed by atoms with E-state index in [1.54, 1.807) is 0 Å². The molecule has 1 aliphatic carbocycles. The maximum atomic E-state index is 2.48. The van der Waals surface area contributed by atoms with E-state index in [-0.39, 0.29) is 5.41 Å². The summed E-state index contributed by atoms with van der Waals surface area (Å²) in [5.41, 5.74) is 13.2. The molecule has 1 aliphatic rings. The van der Waals surface area contributed by atoms with Crippen LogP contribution in [0.3, 0.4) is 0 Å². The number of thiophene rings is 1. The lowest BCUT2D eigenvalue weighted by Crippen LogP contribution is -2.14. The average molecular weight is 779 g/mol. The van der Waals surface area contributed by atoms with Crippen molar-refractivity contribution in [2.75, 3.05) is 0 Å². The highest BCUT2D eigenvalue weighted by atomic mass is 32.1. The molecule has 0 amide bonds. The fourth-order valence-electron chi connectivity index (χ4n) is 10.8. The number of rotatable bonds is 3. The highest BCUT2D eigenvalue weighted by Crippen LogP contribution is 2.52. The van der Waals surface area contributed by atoms with Gasteiger partial charge in [0.15, 0.2) is 0 Å². The van der Waals surface area contributed by atoms with Gasteiger partial charge in [-0.25, -0.2) is 0 Å². The van der Waals surface area contributed by atoms with E-state index in [0.717, 1.165) is 0 Å². The van der Waals surface area contributed by atoms with E-state index in [1.165, 1.54) is 130 Å². The van der Waals surface area contributed by atoms with Gasteiger partial charge >= 0.3 is 0 Å². The van der Waals surface area contributed by atoms with Gasteiger partial charge in [0, 0.05) is 25.6 Å². The van der Waals surface area contributed by atoms with Crippen LogP contribution in [-0.2, 0) is 5.41 Å². The molecule has 0 fully saturated rings. The molecule has 0 nitrogen and oxygen atoms in total. The first-order chi connectivity index (χ1) is 29.5.